The highest BCUT2D eigenvalue weighted by Crippen LogP contribution is 2.04. The number of hydrogen-bond donors (Lipinski definition) is 2. The molecule has 0 bridgehead atoms. The first-order chi connectivity index (χ1) is 7.93. The molecule has 0 amide bonds. The summed E-state index contributed by atoms with van der Waals surface area (Å²) in [6.07, 6.45) is 0. The van der Waals surface area contributed by atoms with Crippen LogP contribution in [0.4, 0.5) is 0 Å². The number of nitrogens with zero attached hydrogens (tertiary/aromatic N) is 1. The van der Waals surface area contributed by atoms with Crippen molar-refractivity contribution in [3.63, 3.8) is 0 Å². The van der Waals surface area contributed by atoms with Crippen LogP contribution >= 0.6 is 0 Å². The predicted molar refractivity (Wildman–Crippen MR) is 65.2 cm³/mol. The van der Waals surface area contributed by atoms with Gasteiger partial charge in [0.15, 0.2) is 0 Å². The third-order valence-electron chi connectivity index (χ3n) is 1.91. The van der Waals surface area contributed by atoms with E-state index in [9.17, 15) is 8.42 Å². The van der Waals surface area contributed by atoms with Crippen LogP contribution in [0.2, 0.25) is 0 Å². The van der Waals surface area contributed by atoms with E-state index in [0.29, 0.717) is 5.56 Å². The number of nitriles is 1. The molecule has 6 heteroatoms. The van der Waals surface area contributed by atoms with Gasteiger partial charge in [0.2, 0.25) is 0 Å². The Balaban J connectivity index is 2.65. The van der Waals surface area contributed by atoms with Gasteiger partial charge in [-0.3, -0.25) is 0 Å². The zero-order valence-corrected chi connectivity index (χ0v) is 10.6. The van der Waals surface area contributed by atoms with E-state index in [0.717, 1.165) is 5.56 Å². The van der Waals surface area contributed by atoms with Crippen molar-refractivity contribution in [3.05, 3.63) is 35.4 Å². The highest BCUT2D eigenvalue weighted by atomic mass is 32.2. The van der Waals surface area contributed by atoms with Gasteiger partial charge in [-0.15, -0.1) is 0 Å². The monoisotopic (exact) mass is 253 g/mol. The second-order valence-electron chi connectivity index (χ2n) is 3.91. The molecule has 0 fully saturated rings. The summed E-state index contributed by atoms with van der Waals surface area (Å²) in [5.74, 6) is 0. The van der Waals surface area contributed by atoms with Crippen molar-refractivity contribution >= 4 is 10.2 Å². The molecule has 2 N–H and O–H groups in total. The lowest BCUT2D eigenvalue weighted by molar-refractivity contribution is 0.554. The summed E-state index contributed by atoms with van der Waals surface area (Å²) >= 11 is 0. The van der Waals surface area contributed by atoms with E-state index in [4.69, 9.17) is 5.26 Å². The summed E-state index contributed by atoms with van der Waals surface area (Å²) in [6, 6.07) is 8.65. The van der Waals surface area contributed by atoms with Gasteiger partial charge in [0.25, 0.3) is 10.2 Å². The van der Waals surface area contributed by atoms with Crippen molar-refractivity contribution in [2.75, 3.05) is 0 Å². The maximum Gasteiger partial charge on any atom is 0.277 e. The van der Waals surface area contributed by atoms with E-state index >= 15 is 0 Å². The van der Waals surface area contributed by atoms with Gasteiger partial charge in [0, 0.05) is 12.6 Å². The number of rotatable bonds is 5. The Morgan fingerprint density at radius 1 is 1.41 bits per heavy atom. The minimum absolute atomic E-state index is 0.155. The first kappa shape index (κ1) is 13.6. The van der Waals surface area contributed by atoms with Gasteiger partial charge in [-0.05, 0) is 31.5 Å². The van der Waals surface area contributed by atoms with Crippen LogP contribution in [0.25, 0.3) is 0 Å². The Morgan fingerprint density at radius 2 is 2.12 bits per heavy atom. The standard InChI is InChI=1S/C11H15N3O2S/c1-9(2)14-17(15,16)13-8-11-5-3-4-10(6-11)7-12/h3-6,9,13-14H,8H2,1-2H3. The highest BCUT2D eigenvalue weighted by Gasteiger charge is 2.10. The van der Waals surface area contributed by atoms with Crippen LogP contribution in [-0.2, 0) is 16.8 Å². The molecule has 0 atom stereocenters. The number of hydrogen-bond acceptors (Lipinski definition) is 3. The SMILES string of the molecule is CC(C)NS(=O)(=O)NCc1cccc(C#N)c1. The van der Waals surface area contributed by atoms with Crippen LogP contribution in [0, 0.1) is 11.3 Å². The van der Waals surface area contributed by atoms with E-state index in [1.807, 2.05) is 6.07 Å². The maximum atomic E-state index is 11.5. The lowest BCUT2D eigenvalue weighted by atomic mass is 10.1. The van der Waals surface area contributed by atoms with Crippen molar-refractivity contribution in [3.8, 4) is 6.07 Å². The molecular weight excluding hydrogens is 238 g/mol. The summed E-state index contributed by atoms with van der Waals surface area (Å²) in [4.78, 5) is 0. The summed E-state index contributed by atoms with van der Waals surface area (Å²) in [5, 5.41) is 8.71. The molecule has 0 saturated carbocycles. The molecule has 0 heterocycles. The quantitative estimate of drug-likeness (QED) is 0.817. The van der Waals surface area contributed by atoms with Gasteiger partial charge in [-0.25, -0.2) is 0 Å². The molecule has 0 aliphatic heterocycles. The highest BCUT2D eigenvalue weighted by molar-refractivity contribution is 7.87. The van der Waals surface area contributed by atoms with Gasteiger partial charge in [0.1, 0.15) is 0 Å². The molecular formula is C11H15N3O2S. The third kappa shape index (κ3) is 4.95. The molecule has 1 aromatic carbocycles. The normalized spacial score (nSPS) is 11.4. The minimum Gasteiger partial charge on any atom is -0.200 e. The predicted octanol–water partition coefficient (Wildman–Crippen LogP) is 0.891. The average molecular weight is 253 g/mol. The lowest BCUT2D eigenvalue weighted by Crippen LogP contribution is -2.39. The molecule has 0 spiro atoms. The summed E-state index contributed by atoms with van der Waals surface area (Å²) in [5.41, 5.74) is 1.26. The summed E-state index contributed by atoms with van der Waals surface area (Å²) < 4.78 is 27.8. The zero-order chi connectivity index (χ0) is 12.9. The topological polar surface area (TPSA) is 82.0 Å². The molecule has 5 nitrogen and oxygen atoms in total. The fourth-order valence-electron chi connectivity index (χ4n) is 1.28. The Morgan fingerprint density at radius 3 is 2.71 bits per heavy atom. The van der Waals surface area contributed by atoms with Gasteiger partial charge in [-0.1, -0.05) is 12.1 Å². The summed E-state index contributed by atoms with van der Waals surface area (Å²) in [6.45, 7) is 3.66. The van der Waals surface area contributed by atoms with Gasteiger partial charge < -0.3 is 0 Å². The van der Waals surface area contributed by atoms with E-state index in [2.05, 4.69) is 9.44 Å². The molecule has 0 aliphatic rings. The van der Waals surface area contributed by atoms with Crippen molar-refractivity contribution in [1.29, 1.82) is 5.26 Å². The van der Waals surface area contributed by atoms with Crippen LogP contribution in [-0.4, -0.2) is 14.5 Å². The van der Waals surface area contributed by atoms with Gasteiger partial charge in [0.05, 0.1) is 11.6 Å². The fraction of sp³-hybridized carbons (Fsp3) is 0.364. The Bertz CT molecular complexity index is 518. The second kappa shape index (κ2) is 5.77. The molecule has 0 aliphatic carbocycles. The Hall–Kier alpha value is -1.42. The van der Waals surface area contributed by atoms with Crippen molar-refractivity contribution in [1.82, 2.24) is 9.44 Å². The van der Waals surface area contributed by atoms with Crippen LogP contribution in [0.1, 0.15) is 25.0 Å². The molecule has 17 heavy (non-hydrogen) atoms. The van der Waals surface area contributed by atoms with E-state index in [-0.39, 0.29) is 12.6 Å². The van der Waals surface area contributed by atoms with Crippen LogP contribution < -0.4 is 9.44 Å². The zero-order valence-electron chi connectivity index (χ0n) is 9.77. The molecule has 1 rings (SSSR count). The van der Waals surface area contributed by atoms with Crippen molar-refractivity contribution < 1.29 is 8.42 Å². The average Bonchev–Trinajstić information content (AvgIpc) is 2.25. The smallest absolute Gasteiger partial charge is 0.200 e. The molecule has 0 radical (unpaired) electrons. The number of benzene rings is 1. The molecule has 92 valence electrons. The maximum absolute atomic E-state index is 11.5. The summed E-state index contributed by atoms with van der Waals surface area (Å²) in [7, 11) is -3.48. The van der Waals surface area contributed by atoms with E-state index in [1.165, 1.54) is 0 Å². The lowest BCUT2D eigenvalue weighted by Gasteiger charge is -2.10. The van der Waals surface area contributed by atoms with Crippen LogP contribution in [0.3, 0.4) is 0 Å². The Kier molecular flexibility index (Phi) is 4.63. The van der Waals surface area contributed by atoms with E-state index < -0.39 is 10.2 Å². The van der Waals surface area contributed by atoms with Crippen molar-refractivity contribution in [2.24, 2.45) is 0 Å². The minimum atomic E-state index is -3.48. The van der Waals surface area contributed by atoms with E-state index in [1.54, 1.807) is 38.1 Å². The van der Waals surface area contributed by atoms with Gasteiger partial charge in [-0.2, -0.15) is 23.1 Å². The van der Waals surface area contributed by atoms with Crippen molar-refractivity contribution in [2.45, 2.75) is 26.4 Å². The first-order valence-electron chi connectivity index (χ1n) is 5.19. The fourth-order valence-corrected chi connectivity index (χ4v) is 2.34. The first-order valence-corrected chi connectivity index (χ1v) is 6.67. The van der Waals surface area contributed by atoms with Crippen LogP contribution in [0.5, 0.6) is 0 Å². The van der Waals surface area contributed by atoms with Gasteiger partial charge >= 0.3 is 0 Å². The molecule has 0 saturated heterocycles. The van der Waals surface area contributed by atoms with Crippen LogP contribution in [0.15, 0.2) is 24.3 Å². The molecule has 0 unspecified atom stereocenters. The molecule has 1 aromatic rings. The third-order valence-corrected chi connectivity index (χ3v) is 3.22. The molecule has 0 aromatic heterocycles. The Labute approximate surface area is 102 Å². The second-order valence-corrected chi connectivity index (χ2v) is 5.44. The number of nitrogens with one attached hydrogen (secondary N) is 2. The largest absolute Gasteiger partial charge is 0.277 e.